The molecule has 2 heterocycles. The van der Waals surface area contributed by atoms with Crippen molar-refractivity contribution in [1.29, 1.82) is 0 Å². The van der Waals surface area contributed by atoms with E-state index in [9.17, 15) is 0 Å². The van der Waals surface area contributed by atoms with Gasteiger partial charge in [0.2, 0.25) is 0 Å². The van der Waals surface area contributed by atoms with Gasteiger partial charge in [-0.3, -0.25) is 0 Å². The van der Waals surface area contributed by atoms with Crippen molar-refractivity contribution in [3.05, 3.63) is 29.3 Å². The molecule has 2 aliphatic rings. The zero-order chi connectivity index (χ0) is 13.2. The van der Waals surface area contributed by atoms with Gasteiger partial charge in [0.15, 0.2) is 0 Å². The fourth-order valence-corrected chi connectivity index (χ4v) is 3.54. The maximum absolute atomic E-state index is 5.62. The first-order valence-electron chi connectivity index (χ1n) is 7.38. The second-order valence-electron chi connectivity index (χ2n) is 5.96. The summed E-state index contributed by atoms with van der Waals surface area (Å²) in [5.74, 6) is 1.85. The molecule has 0 aliphatic carbocycles. The van der Waals surface area contributed by atoms with E-state index in [4.69, 9.17) is 4.74 Å². The van der Waals surface area contributed by atoms with Gasteiger partial charge in [-0.2, -0.15) is 0 Å². The van der Waals surface area contributed by atoms with Crippen molar-refractivity contribution in [2.75, 3.05) is 33.8 Å². The van der Waals surface area contributed by atoms with Crippen LogP contribution in [0.5, 0.6) is 5.75 Å². The van der Waals surface area contributed by atoms with Crippen LogP contribution in [0.15, 0.2) is 18.2 Å². The summed E-state index contributed by atoms with van der Waals surface area (Å²) in [5, 5.41) is 3.46. The second kappa shape index (κ2) is 5.51. The number of piperidine rings is 1. The molecule has 3 heteroatoms. The van der Waals surface area contributed by atoms with Crippen molar-refractivity contribution in [3.8, 4) is 5.75 Å². The van der Waals surface area contributed by atoms with Crippen molar-refractivity contribution >= 4 is 0 Å². The molecule has 2 aliphatic heterocycles. The quantitative estimate of drug-likeness (QED) is 0.902. The fraction of sp³-hybridized carbons (Fsp3) is 0.625. The smallest absolute Gasteiger partial charge is 0.122 e. The lowest BCUT2D eigenvalue weighted by atomic mass is 9.84. The van der Waals surface area contributed by atoms with Crippen molar-refractivity contribution < 1.29 is 4.74 Å². The molecule has 0 radical (unpaired) electrons. The first kappa shape index (κ1) is 12.9. The van der Waals surface area contributed by atoms with E-state index in [0.29, 0.717) is 6.04 Å². The van der Waals surface area contributed by atoms with Gasteiger partial charge < -0.3 is 15.0 Å². The summed E-state index contributed by atoms with van der Waals surface area (Å²) in [6.07, 6.45) is 3.61. The molecule has 1 aromatic rings. The molecule has 1 atom stereocenters. The Morgan fingerprint density at radius 1 is 1.26 bits per heavy atom. The molecule has 1 fully saturated rings. The van der Waals surface area contributed by atoms with Gasteiger partial charge in [-0.05, 0) is 63.1 Å². The highest BCUT2D eigenvalue weighted by molar-refractivity contribution is 5.41. The third-order valence-electron chi connectivity index (χ3n) is 4.44. The molecule has 104 valence electrons. The first-order valence-corrected chi connectivity index (χ1v) is 7.38. The van der Waals surface area contributed by atoms with Crippen LogP contribution in [0, 0.1) is 5.92 Å². The summed E-state index contributed by atoms with van der Waals surface area (Å²) in [6, 6.07) is 7.33. The normalized spacial score (nSPS) is 21.2. The molecule has 0 bridgehead atoms. The van der Waals surface area contributed by atoms with E-state index >= 15 is 0 Å². The lowest BCUT2D eigenvalue weighted by molar-refractivity contribution is 0.177. The number of ether oxygens (including phenoxy) is 1. The largest absolute Gasteiger partial charge is 0.493 e. The molecule has 0 aromatic heterocycles. The fourth-order valence-electron chi connectivity index (χ4n) is 3.54. The third kappa shape index (κ3) is 2.63. The predicted molar refractivity (Wildman–Crippen MR) is 77.7 cm³/mol. The minimum atomic E-state index is 0.535. The first-order chi connectivity index (χ1) is 9.25. The molecule has 1 unspecified atom stereocenters. The molecule has 3 rings (SSSR count). The van der Waals surface area contributed by atoms with Gasteiger partial charge in [0.25, 0.3) is 0 Å². The van der Waals surface area contributed by atoms with E-state index in [0.717, 1.165) is 37.8 Å². The molecule has 0 saturated carbocycles. The summed E-state index contributed by atoms with van der Waals surface area (Å²) in [4.78, 5) is 2.38. The van der Waals surface area contributed by atoms with Crippen LogP contribution in [0.4, 0.5) is 0 Å². The van der Waals surface area contributed by atoms with Gasteiger partial charge in [-0.25, -0.2) is 0 Å². The van der Waals surface area contributed by atoms with Crippen molar-refractivity contribution in [2.24, 2.45) is 5.92 Å². The summed E-state index contributed by atoms with van der Waals surface area (Å²) in [6.45, 7) is 3.16. The molecule has 0 amide bonds. The van der Waals surface area contributed by atoms with Gasteiger partial charge in [-0.15, -0.1) is 0 Å². The van der Waals surface area contributed by atoms with Crippen LogP contribution in [0.1, 0.15) is 30.0 Å². The minimum absolute atomic E-state index is 0.535. The Morgan fingerprint density at radius 3 is 2.79 bits per heavy atom. The van der Waals surface area contributed by atoms with Crippen LogP contribution in [-0.2, 0) is 6.42 Å². The third-order valence-corrected chi connectivity index (χ3v) is 4.44. The van der Waals surface area contributed by atoms with Crippen LogP contribution < -0.4 is 10.1 Å². The molecule has 1 aromatic carbocycles. The Kier molecular flexibility index (Phi) is 3.76. The number of nitrogens with one attached hydrogen (secondary N) is 1. The summed E-state index contributed by atoms with van der Waals surface area (Å²) < 4.78 is 5.62. The Balaban J connectivity index is 1.87. The monoisotopic (exact) mass is 260 g/mol. The Morgan fingerprint density at radius 2 is 2.05 bits per heavy atom. The number of nitrogens with zero attached hydrogens (tertiary/aromatic N) is 1. The lowest BCUT2D eigenvalue weighted by Crippen LogP contribution is -2.36. The van der Waals surface area contributed by atoms with Crippen LogP contribution in [0.2, 0.25) is 0 Å². The number of fused-ring (bicyclic) bond motifs is 1. The summed E-state index contributed by atoms with van der Waals surface area (Å²) >= 11 is 0. The SMILES string of the molecule is CN(C)C(c1ccc2c(c1)CCO2)C1CCNCC1. The van der Waals surface area contributed by atoms with Gasteiger partial charge in [0, 0.05) is 12.5 Å². The molecule has 3 nitrogen and oxygen atoms in total. The van der Waals surface area contributed by atoms with Gasteiger partial charge >= 0.3 is 0 Å². The van der Waals surface area contributed by atoms with E-state index in [2.05, 4.69) is 42.5 Å². The standard InChI is InChI=1S/C16H24N2O/c1-18(2)16(12-5-8-17-9-6-12)14-3-4-15-13(11-14)7-10-19-15/h3-4,11-12,16-17H,5-10H2,1-2H3. The topological polar surface area (TPSA) is 24.5 Å². The van der Waals surface area contributed by atoms with Crippen LogP contribution in [0.25, 0.3) is 0 Å². The highest BCUT2D eigenvalue weighted by Crippen LogP contribution is 2.36. The highest BCUT2D eigenvalue weighted by Gasteiger charge is 2.27. The van der Waals surface area contributed by atoms with Gasteiger partial charge in [-0.1, -0.05) is 12.1 Å². The molecule has 1 saturated heterocycles. The van der Waals surface area contributed by atoms with Crippen LogP contribution >= 0.6 is 0 Å². The molecular weight excluding hydrogens is 236 g/mol. The zero-order valence-corrected chi connectivity index (χ0v) is 12.0. The average molecular weight is 260 g/mol. The highest BCUT2D eigenvalue weighted by atomic mass is 16.5. The summed E-state index contributed by atoms with van der Waals surface area (Å²) in [5.41, 5.74) is 2.85. The molecular formula is C16H24N2O. The van der Waals surface area contributed by atoms with Crippen LogP contribution in [0.3, 0.4) is 0 Å². The van der Waals surface area contributed by atoms with Crippen molar-refractivity contribution in [2.45, 2.75) is 25.3 Å². The number of benzene rings is 1. The Labute approximate surface area is 115 Å². The van der Waals surface area contributed by atoms with E-state index in [-0.39, 0.29) is 0 Å². The minimum Gasteiger partial charge on any atom is -0.493 e. The van der Waals surface area contributed by atoms with E-state index in [1.807, 2.05) is 0 Å². The van der Waals surface area contributed by atoms with Crippen molar-refractivity contribution in [1.82, 2.24) is 10.2 Å². The van der Waals surface area contributed by atoms with Gasteiger partial charge in [0.05, 0.1) is 6.61 Å². The zero-order valence-electron chi connectivity index (χ0n) is 12.0. The molecule has 19 heavy (non-hydrogen) atoms. The molecule has 1 N–H and O–H groups in total. The second-order valence-corrected chi connectivity index (χ2v) is 5.96. The van der Waals surface area contributed by atoms with Crippen molar-refractivity contribution in [3.63, 3.8) is 0 Å². The average Bonchev–Trinajstić information content (AvgIpc) is 2.87. The van der Waals surface area contributed by atoms with E-state index in [1.54, 1.807) is 0 Å². The summed E-state index contributed by atoms with van der Waals surface area (Å²) in [7, 11) is 4.41. The Hall–Kier alpha value is -1.06. The predicted octanol–water partition coefficient (Wildman–Crippen LogP) is 2.22. The number of hydrogen-bond acceptors (Lipinski definition) is 3. The van der Waals surface area contributed by atoms with E-state index < -0.39 is 0 Å². The molecule has 0 spiro atoms. The maximum Gasteiger partial charge on any atom is 0.122 e. The van der Waals surface area contributed by atoms with Crippen LogP contribution in [-0.4, -0.2) is 38.7 Å². The lowest BCUT2D eigenvalue weighted by Gasteiger charge is -2.35. The Bertz CT molecular complexity index is 438. The van der Waals surface area contributed by atoms with E-state index in [1.165, 1.54) is 24.0 Å². The van der Waals surface area contributed by atoms with Gasteiger partial charge in [0.1, 0.15) is 5.75 Å². The number of hydrogen-bond donors (Lipinski definition) is 1. The maximum atomic E-state index is 5.62. The number of rotatable bonds is 3.